The Kier molecular flexibility index (Phi) is 9.69. The standard InChI is InChI=1S/C31H33ClN4O6/c1-17(2)27-31(41)34-18(3)28(38)35-25(30(40)33-16-20-6-4-5-7-24(20)32)14-19-8-10-21(11-9-19)42-22-12-13-26(37)23(15-22)29(39)36-27/h4-13,15,17-18,25,27,37H,14,16H2,1-3H3,(H,33,40)(H,34,41)(H,35,38)(H,36,39)/t18-,25+,27-/m0/s1. The predicted octanol–water partition coefficient (Wildman–Crippen LogP) is 3.45. The number of benzene rings is 3. The van der Waals surface area contributed by atoms with E-state index in [-0.39, 0.29) is 30.2 Å². The Bertz CT molecular complexity index is 1480. The maximum absolute atomic E-state index is 13.3. The first-order valence-corrected chi connectivity index (χ1v) is 13.9. The zero-order valence-corrected chi connectivity index (χ0v) is 24.2. The van der Waals surface area contributed by atoms with E-state index < -0.39 is 41.8 Å². The van der Waals surface area contributed by atoms with Gasteiger partial charge in [-0.3, -0.25) is 19.2 Å². The predicted molar refractivity (Wildman–Crippen MR) is 157 cm³/mol. The molecule has 0 radical (unpaired) electrons. The van der Waals surface area contributed by atoms with Crippen LogP contribution in [0.2, 0.25) is 5.02 Å². The van der Waals surface area contributed by atoms with Gasteiger partial charge in [0.1, 0.15) is 35.4 Å². The molecule has 0 saturated heterocycles. The number of carbonyl (C=O) groups excluding carboxylic acids is 4. The van der Waals surface area contributed by atoms with E-state index in [1.54, 1.807) is 56.3 Å². The molecule has 0 aromatic heterocycles. The molecule has 0 fully saturated rings. The first-order valence-electron chi connectivity index (χ1n) is 13.5. The smallest absolute Gasteiger partial charge is 0.255 e. The van der Waals surface area contributed by atoms with E-state index >= 15 is 0 Å². The average Bonchev–Trinajstić information content (AvgIpc) is 2.96. The van der Waals surface area contributed by atoms with Gasteiger partial charge in [-0.25, -0.2) is 0 Å². The van der Waals surface area contributed by atoms with Gasteiger partial charge >= 0.3 is 0 Å². The van der Waals surface area contributed by atoms with Crippen LogP contribution in [0, 0.1) is 5.92 Å². The number of rotatable bonds is 4. The number of aromatic hydroxyl groups is 1. The van der Waals surface area contributed by atoms with Gasteiger partial charge in [-0.15, -0.1) is 0 Å². The van der Waals surface area contributed by atoms with Gasteiger partial charge < -0.3 is 31.1 Å². The number of hydrogen-bond donors (Lipinski definition) is 5. The minimum Gasteiger partial charge on any atom is -0.507 e. The number of fused-ring (bicyclic) bond motifs is 11. The summed E-state index contributed by atoms with van der Waals surface area (Å²) in [6, 6.07) is 15.2. The van der Waals surface area contributed by atoms with Crippen LogP contribution in [-0.2, 0) is 27.3 Å². The molecule has 0 saturated carbocycles. The third-order valence-corrected chi connectivity index (χ3v) is 7.21. The number of phenols is 1. The molecule has 5 rings (SSSR count). The molecule has 42 heavy (non-hydrogen) atoms. The molecule has 2 aliphatic heterocycles. The van der Waals surface area contributed by atoms with Gasteiger partial charge in [-0.1, -0.05) is 55.8 Å². The summed E-state index contributed by atoms with van der Waals surface area (Å²) in [5, 5.41) is 21.7. The SMILES string of the molecule is CC(C)[C@@H]1NC(=O)c2cc(ccc2O)Oc2ccc(cc2)C[C@H](C(=O)NCc2ccccc2Cl)NC(=O)[C@H](C)NC1=O. The lowest BCUT2D eigenvalue weighted by molar-refractivity contribution is -0.132. The van der Waals surface area contributed by atoms with Crippen molar-refractivity contribution >= 4 is 35.2 Å². The van der Waals surface area contributed by atoms with Crippen molar-refractivity contribution in [3.05, 3.63) is 88.4 Å². The van der Waals surface area contributed by atoms with Crippen LogP contribution < -0.4 is 26.0 Å². The van der Waals surface area contributed by atoms with Crippen molar-refractivity contribution in [2.24, 2.45) is 5.92 Å². The number of halogens is 1. The van der Waals surface area contributed by atoms with E-state index in [4.69, 9.17) is 16.3 Å². The van der Waals surface area contributed by atoms with Crippen LogP contribution in [0.1, 0.15) is 42.3 Å². The quantitative estimate of drug-likeness (QED) is 0.293. The molecule has 5 N–H and O–H groups in total. The second-order valence-electron chi connectivity index (χ2n) is 10.4. The van der Waals surface area contributed by atoms with Gasteiger partial charge in [-0.2, -0.15) is 0 Å². The Morgan fingerprint density at radius 2 is 1.67 bits per heavy atom. The number of amides is 4. The van der Waals surface area contributed by atoms with Crippen molar-refractivity contribution in [2.45, 2.75) is 51.9 Å². The number of ether oxygens (including phenoxy) is 1. The summed E-state index contributed by atoms with van der Waals surface area (Å²) in [7, 11) is 0. The molecule has 3 atom stereocenters. The van der Waals surface area contributed by atoms with E-state index in [1.165, 1.54) is 25.1 Å². The highest BCUT2D eigenvalue weighted by Gasteiger charge is 2.30. The van der Waals surface area contributed by atoms with Gasteiger partial charge in [0, 0.05) is 18.0 Å². The van der Waals surface area contributed by atoms with Gasteiger partial charge in [0.2, 0.25) is 17.7 Å². The number of carbonyl (C=O) groups is 4. The zero-order valence-electron chi connectivity index (χ0n) is 23.4. The van der Waals surface area contributed by atoms with Crippen LogP contribution in [-0.4, -0.2) is 46.9 Å². The summed E-state index contributed by atoms with van der Waals surface area (Å²) in [5.74, 6) is -2.17. The van der Waals surface area contributed by atoms with Gasteiger partial charge in [0.25, 0.3) is 5.91 Å². The lowest BCUT2D eigenvalue weighted by atomic mass is 10.0. The summed E-state index contributed by atoms with van der Waals surface area (Å²) < 4.78 is 5.89. The maximum Gasteiger partial charge on any atom is 0.255 e. The van der Waals surface area contributed by atoms with Crippen LogP contribution >= 0.6 is 11.6 Å². The highest BCUT2D eigenvalue weighted by atomic mass is 35.5. The minimum absolute atomic E-state index is 0.0693. The monoisotopic (exact) mass is 592 g/mol. The van der Waals surface area contributed by atoms with Crippen molar-refractivity contribution in [3.63, 3.8) is 0 Å². The molecule has 4 bridgehead atoms. The lowest BCUT2D eigenvalue weighted by Crippen LogP contribution is -2.57. The van der Waals surface area contributed by atoms with Gasteiger partial charge in [0.05, 0.1) is 5.56 Å². The number of hydrogen-bond acceptors (Lipinski definition) is 6. The topological polar surface area (TPSA) is 146 Å². The van der Waals surface area contributed by atoms with E-state index in [2.05, 4.69) is 21.3 Å². The van der Waals surface area contributed by atoms with Crippen LogP contribution in [0.3, 0.4) is 0 Å². The second-order valence-corrected chi connectivity index (χ2v) is 10.8. The lowest BCUT2D eigenvalue weighted by Gasteiger charge is -2.25. The Hall–Kier alpha value is -4.57. The Labute approximate surface area is 248 Å². The Morgan fingerprint density at radius 1 is 0.976 bits per heavy atom. The van der Waals surface area contributed by atoms with E-state index in [1.807, 2.05) is 6.07 Å². The van der Waals surface area contributed by atoms with E-state index in [0.29, 0.717) is 16.5 Å². The molecular weight excluding hydrogens is 560 g/mol. The van der Waals surface area contributed by atoms with Crippen LogP contribution in [0.4, 0.5) is 0 Å². The summed E-state index contributed by atoms with van der Waals surface area (Å²) in [6.07, 6.45) is 0.162. The first kappa shape index (κ1) is 30.4. The van der Waals surface area contributed by atoms with Crippen molar-refractivity contribution in [2.75, 3.05) is 0 Å². The van der Waals surface area contributed by atoms with Crippen LogP contribution in [0.15, 0.2) is 66.7 Å². The molecule has 0 unspecified atom stereocenters. The molecule has 2 heterocycles. The number of nitrogens with one attached hydrogen (secondary N) is 4. The summed E-state index contributed by atoms with van der Waals surface area (Å²) in [5.41, 5.74) is 1.39. The molecule has 2 aliphatic rings. The fraction of sp³-hybridized carbons (Fsp3) is 0.290. The average molecular weight is 593 g/mol. The minimum atomic E-state index is -1.03. The molecule has 11 heteroatoms. The van der Waals surface area contributed by atoms with Gasteiger partial charge in [-0.05, 0) is 60.4 Å². The van der Waals surface area contributed by atoms with Crippen molar-refractivity contribution in [3.8, 4) is 17.2 Å². The zero-order chi connectivity index (χ0) is 30.4. The normalized spacial score (nSPS) is 19.5. The van der Waals surface area contributed by atoms with Crippen LogP contribution in [0.5, 0.6) is 17.2 Å². The highest BCUT2D eigenvalue weighted by molar-refractivity contribution is 6.31. The van der Waals surface area contributed by atoms with E-state index in [0.717, 1.165) is 11.1 Å². The van der Waals surface area contributed by atoms with E-state index in [9.17, 15) is 24.3 Å². The van der Waals surface area contributed by atoms with Crippen molar-refractivity contribution in [1.29, 1.82) is 0 Å². The molecule has 220 valence electrons. The molecule has 3 aromatic rings. The van der Waals surface area contributed by atoms with Gasteiger partial charge in [0.15, 0.2) is 0 Å². The maximum atomic E-state index is 13.3. The highest BCUT2D eigenvalue weighted by Crippen LogP contribution is 2.28. The van der Waals surface area contributed by atoms with Crippen molar-refractivity contribution in [1.82, 2.24) is 21.3 Å². The third-order valence-electron chi connectivity index (χ3n) is 6.84. The Morgan fingerprint density at radius 3 is 2.36 bits per heavy atom. The molecule has 4 amide bonds. The summed E-state index contributed by atoms with van der Waals surface area (Å²) in [6.45, 7) is 5.13. The fourth-order valence-corrected chi connectivity index (χ4v) is 4.60. The first-order chi connectivity index (χ1) is 20.0. The molecule has 0 aliphatic carbocycles. The number of phenolic OH excluding ortho intramolecular Hbond substituents is 1. The van der Waals surface area contributed by atoms with Crippen LogP contribution in [0.25, 0.3) is 0 Å². The summed E-state index contributed by atoms with van der Waals surface area (Å²) in [4.78, 5) is 52.7. The molecule has 3 aromatic carbocycles. The molecule has 0 spiro atoms. The Balaban J connectivity index is 1.64. The van der Waals surface area contributed by atoms with Crippen molar-refractivity contribution < 1.29 is 29.0 Å². The fourth-order valence-electron chi connectivity index (χ4n) is 4.40. The second kappa shape index (κ2) is 13.4. The largest absolute Gasteiger partial charge is 0.507 e. The molecule has 10 nitrogen and oxygen atoms in total. The molecular formula is C31H33ClN4O6. The summed E-state index contributed by atoms with van der Waals surface area (Å²) >= 11 is 6.23. The third kappa shape index (κ3) is 7.58.